The summed E-state index contributed by atoms with van der Waals surface area (Å²) in [4.78, 5) is 42.8. The SMILES string of the molecule is CCC(=O)Nc1ccc2[nH]c(C(=O)N3C[C@H]4C[C@@]45C3=CC(=O)c3ccccc35)cc2c1. The molecule has 31 heavy (non-hydrogen) atoms. The molecule has 2 N–H and O–H groups in total. The first-order valence-electron chi connectivity index (χ1n) is 10.6. The molecule has 2 atom stereocenters. The van der Waals surface area contributed by atoms with Gasteiger partial charge in [0.1, 0.15) is 5.69 Å². The zero-order chi connectivity index (χ0) is 21.3. The van der Waals surface area contributed by atoms with Crippen LogP contribution in [-0.4, -0.2) is 34.0 Å². The van der Waals surface area contributed by atoms with Crippen LogP contribution in [0.5, 0.6) is 0 Å². The van der Waals surface area contributed by atoms with Gasteiger partial charge in [-0.2, -0.15) is 0 Å². The molecule has 2 amide bonds. The van der Waals surface area contributed by atoms with Crippen molar-refractivity contribution in [2.24, 2.45) is 5.92 Å². The predicted molar refractivity (Wildman–Crippen MR) is 117 cm³/mol. The second-order valence-corrected chi connectivity index (χ2v) is 8.61. The highest BCUT2D eigenvalue weighted by molar-refractivity contribution is 6.10. The Hall–Kier alpha value is -3.67. The quantitative estimate of drug-likeness (QED) is 0.683. The van der Waals surface area contributed by atoms with Gasteiger partial charge in [-0.05, 0) is 42.2 Å². The Kier molecular flexibility index (Phi) is 3.61. The smallest absolute Gasteiger partial charge is 0.274 e. The number of anilines is 1. The molecule has 6 rings (SSSR count). The van der Waals surface area contributed by atoms with Crippen LogP contribution in [0, 0.1) is 5.92 Å². The third kappa shape index (κ3) is 2.48. The van der Waals surface area contributed by atoms with Crippen molar-refractivity contribution >= 4 is 34.2 Å². The summed E-state index contributed by atoms with van der Waals surface area (Å²) in [5, 5.41) is 3.70. The van der Waals surface area contributed by atoms with E-state index in [0.717, 1.165) is 34.1 Å². The van der Waals surface area contributed by atoms with Crippen molar-refractivity contribution in [3.05, 3.63) is 77.1 Å². The van der Waals surface area contributed by atoms with E-state index in [1.165, 1.54) is 0 Å². The minimum Gasteiger partial charge on any atom is -0.351 e. The van der Waals surface area contributed by atoms with E-state index >= 15 is 0 Å². The molecule has 2 aliphatic carbocycles. The molecule has 0 unspecified atom stereocenters. The number of piperidine rings is 1. The van der Waals surface area contributed by atoms with Crippen molar-refractivity contribution in [2.45, 2.75) is 25.2 Å². The first-order valence-corrected chi connectivity index (χ1v) is 10.6. The highest BCUT2D eigenvalue weighted by Crippen LogP contribution is 2.66. The molecule has 6 heteroatoms. The minimum absolute atomic E-state index is 0.0328. The van der Waals surface area contributed by atoms with E-state index in [9.17, 15) is 14.4 Å². The van der Waals surface area contributed by atoms with E-state index in [1.54, 1.807) is 17.9 Å². The van der Waals surface area contributed by atoms with E-state index in [-0.39, 0.29) is 23.0 Å². The fourth-order valence-electron chi connectivity index (χ4n) is 5.30. The van der Waals surface area contributed by atoms with Gasteiger partial charge in [-0.3, -0.25) is 14.4 Å². The lowest BCUT2D eigenvalue weighted by atomic mass is 9.81. The van der Waals surface area contributed by atoms with Gasteiger partial charge in [0.15, 0.2) is 5.78 Å². The van der Waals surface area contributed by atoms with Crippen LogP contribution < -0.4 is 5.32 Å². The van der Waals surface area contributed by atoms with Gasteiger partial charge < -0.3 is 15.2 Å². The van der Waals surface area contributed by atoms with E-state index in [2.05, 4.69) is 10.3 Å². The monoisotopic (exact) mass is 411 g/mol. The summed E-state index contributed by atoms with van der Waals surface area (Å²) in [5.74, 6) is 0.147. The maximum atomic E-state index is 13.4. The largest absolute Gasteiger partial charge is 0.351 e. The van der Waals surface area contributed by atoms with Crippen LogP contribution >= 0.6 is 0 Å². The number of hydrogen-bond donors (Lipinski definition) is 2. The molecule has 1 saturated heterocycles. The van der Waals surface area contributed by atoms with Crippen molar-refractivity contribution in [3.63, 3.8) is 0 Å². The van der Waals surface area contributed by atoms with Crippen LogP contribution in [-0.2, 0) is 10.2 Å². The Morgan fingerprint density at radius 2 is 2.03 bits per heavy atom. The van der Waals surface area contributed by atoms with Crippen LogP contribution in [0.3, 0.4) is 0 Å². The van der Waals surface area contributed by atoms with Gasteiger partial charge >= 0.3 is 0 Å². The second kappa shape index (κ2) is 6.17. The number of amides is 2. The number of hydrogen-bond acceptors (Lipinski definition) is 3. The Labute approximate surface area is 178 Å². The summed E-state index contributed by atoms with van der Waals surface area (Å²) >= 11 is 0. The molecule has 3 aromatic rings. The van der Waals surface area contributed by atoms with Crippen molar-refractivity contribution < 1.29 is 14.4 Å². The molecule has 1 aliphatic heterocycles. The van der Waals surface area contributed by atoms with Crippen molar-refractivity contribution in [1.82, 2.24) is 9.88 Å². The van der Waals surface area contributed by atoms with Crippen LogP contribution in [0.2, 0.25) is 0 Å². The van der Waals surface area contributed by atoms with Gasteiger partial charge in [-0.15, -0.1) is 0 Å². The normalized spacial score (nSPS) is 23.1. The molecule has 2 fully saturated rings. The Balaban J connectivity index is 1.34. The molecule has 0 radical (unpaired) electrons. The molecule has 154 valence electrons. The number of carbonyl (C=O) groups is 3. The molecule has 2 aromatic carbocycles. The fraction of sp³-hybridized carbons (Fsp3) is 0.240. The number of rotatable bonds is 3. The second-order valence-electron chi connectivity index (χ2n) is 8.61. The molecular formula is C25H21N3O3. The zero-order valence-electron chi connectivity index (χ0n) is 17.1. The summed E-state index contributed by atoms with van der Waals surface area (Å²) in [7, 11) is 0. The number of likely N-dealkylation sites (tertiary alicyclic amines) is 1. The number of aromatic nitrogens is 1. The summed E-state index contributed by atoms with van der Waals surface area (Å²) in [6.07, 6.45) is 3.05. The Morgan fingerprint density at radius 1 is 1.19 bits per heavy atom. The van der Waals surface area contributed by atoms with Gasteiger partial charge in [0.25, 0.3) is 5.91 Å². The third-order valence-corrected chi connectivity index (χ3v) is 6.90. The molecule has 0 bridgehead atoms. The summed E-state index contributed by atoms with van der Waals surface area (Å²) < 4.78 is 0. The number of benzene rings is 2. The molecule has 2 heterocycles. The van der Waals surface area contributed by atoms with Crippen molar-refractivity contribution in [1.29, 1.82) is 0 Å². The van der Waals surface area contributed by atoms with E-state index in [1.807, 2.05) is 48.5 Å². The average Bonchev–Trinajstić information content (AvgIpc) is 3.17. The third-order valence-electron chi connectivity index (χ3n) is 6.90. The van der Waals surface area contributed by atoms with Gasteiger partial charge in [-0.25, -0.2) is 0 Å². The van der Waals surface area contributed by atoms with Gasteiger partial charge in [0.05, 0.1) is 0 Å². The van der Waals surface area contributed by atoms with Crippen molar-refractivity contribution in [3.8, 4) is 0 Å². The van der Waals surface area contributed by atoms with Crippen LogP contribution in [0.1, 0.15) is 46.2 Å². The Bertz CT molecular complexity index is 1330. The number of H-pyrrole nitrogens is 1. The molecule has 6 nitrogen and oxygen atoms in total. The predicted octanol–water partition coefficient (Wildman–Crippen LogP) is 4.01. The average molecular weight is 411 g/mol. The van der Waals surface area contributed by atoms with Crippen LogP contribution in [0.4, 0.5) is 5.69 Å². The number of carbonyl (C=O) groups excluding carboxylic acids is 3. The van der Waals surface area contributed by atoms with Crippen LogP contribution in [0.15, 0.2) is 60.3 Å². The first-order chi connectivity index (χ1) is 15.0. The maximum Gasteiger partial charge on any atom is 0.274 e. The molecule has 1 aromatic heterocycles. The summed E-state index contributed by atoms with van der Waals surface area (Å²) in [6, 6.07) is 15.1. The zero-order valence-corrected chi connectivity index (χ0v) is 17.1. The molecular weight excluding hydrogens is 390 g/mol. The number of fused-ring (bicyclic) bond motifs is 2. The fourth-order valence-corrected chi connectivity index (χ4v) is 5.30. The van der Waals surface area contributed by atoms with Gasteiger partial charge in [-0.1, -0.05) is 31.2 Å². The summed E-state index contributed by atoms with van der Waals surface area (Å²) in [6.45, 7) is 2.43. The number of nitrogens with zero attached hydrogens (tertiary/aromatic N) is 1. The highest BCUT2D eigenvalue weighted by Gasteiger charge is 2.67. The van der Waals surface area contributed by atoms with Crippen LogP contribution in [0.25, 0.3) is 10.9 Å². The lowest BCUT2D eigenvalue weighted by Gasteiger charge is -2.29. The molecule has 1 spiro atoms. The van der Waals surface area contributed by atoms with E-state index < -0.39 is 0 Å². The maximum absolute atomic E-state index is 13.4. The van der Waals surface area contributed by atoms with E-state index in [0.29, 0.717) is 30.3 Å². The van der Waals surface area contributed by atoms with Crippen molar-refractivity contribution in [2.75, 3.05) is 11.9 Å². The number of allylic oxidation sites excluding steroid dienone is 2. The minimum atomic E-state index is -0.191. The number of aromatic amines is 1. The lowest BCUT2D eigenvalue weighted by molar-refractivity contribution is -0.115. The first kappa shape index (κ1) is 18.1. The topological polar surface area (TPSA) is 82.3 Å². The lowest BCUT2D eigenvalue weighted by Crippen LogP contribution is -2.33. The van der Waals surface area contributed by atoms with Gasteiger partial charge in [0, 0.05) is 52.3 Å². The highest BCUT2D eigenvalue weighted by atomic mass is 16.2. The molecule has 3 aliphatic rings. The number of nitrogens with one attached hydrogen (secondary N) is 2. The summed E-state index contributed by atoms with van der Waals surface area (Å²) in [5.41, 5.74) is 4.48. The standard InChI is InChI=1S/C25H21N3O3/c1-2-23(30)26-16-7-8-19-14(9-16)10-20(27-19)24(31)28-13-15-12-25(15)18-6-4-3-5-17(18)21(29)11-22(25)28/h3-11,15,27H,2,12-13H2,1H3,(H,26,30)/t15-,25-/m1/s1. The Morgan fingerprint density at radius 3 is 2.87 bits per heavy atom. The number of ketones is 1. The molecule has 1 saturated carbocycles. The van der Waals surface area contributed by atoms with Gasteiger partial charge in [0.2, 0.25) is 5.91 Å². The van der Waals surface area contributed by atoms with E-state index in [4.69, 9.17) is 0 Å².